The zero-order valence-corrected chi connectivity index (χ0v) is 9.78. The summed E-state index contributed by atoms with van der Waals surface area (Å²) >= 11 is 3.33. The molecule has 4 N–H and O–H groups in total. The Bertz CT molecular complexity index is 523. The molecule has 0 radical (unpaired) electrons. The highest BCUT2D eigenvalue weighted by molar-refractivity contribution is 9.10. The number of halogens is 1. The predicted octanol–water partition coefficient (Wildman–Crippen LogP) is 2.01. The van der Waals surface area contributed by atoms with Crippen LogP contribution in [0.25, 0.3) is 0 Å². The minimum Gasteiger partial charge on any atom is -0.396 e. The molecule has 0 fully saturated rings. The average molecular weight is 281 g/mol. The maximum Gasteiger partial charge on any atom is 0.275 e. The zero-order valence-electron chi connectivity index (χ0n) is 8.20. The van der Waals surface area contributed by atoms with Crippen LogP contribution in [0.15, 0.2) is 34.9 Å². The van der Waals surface area contributed by atoms with Gasteiger partial charge in [-0.05, 0) is 28.1 Å². The Morgan fingerprint density at radius 1 is 1.44 bits per heavy atom. The van der Waals surface area contributed by atoms with Gasteiger partial charge in [-0.25, -0.2) is 0 Å². The van der Waals surface area contributed by atoms with E-state index in [0.717, 1.165) is 4.47 Å². The molecule has 2 aromatic rings. The van der Waals surface area contributed by atoms with Crippen LogP contribution in [-0.2, 0) is 0 Å². The van der Waals surface area contributed by atoms with Crippen LogP contribution in [0.5, 0.6) is 0 Å². The second-order valence-corrected chi connectivity index (χ2v) is 3.99. The van der Waals surface area contributed by atoms with Crippen molar-refractivity contribution in [3.05, 3.63) is 40.6 Å². The zero-order chi connectivity index (χ0) is 11.5. The van der Waals surface area contributed by atoms with Gasteiger partial charge in [0.2, 0.25) is 0 Å². The van der Waals surface area contributed by atoms with Crippen LogP contribution in [0.4, 0.5) is 11.4 Å². The topological polar surface area (TPSA) is 83.8 Å². The smallest absolute Gasteiger partial charge is 0.275 e. The van der Waals surface area contributed by atoms with Gasteiger partial charge in [0.15, 0.2) is 0 Å². The molecular weight excluding hydrogens is 272 g/mol. The molecule has 1 heterocycles. The summed E-state index contributed by atoms with van der Waals surface area (Å²) in [7, 11) is 0. The second kappa shape index (κ2) is 4.36. The second-order valence-electron chi connectivity index (χ2n) is 3.13. The number of anilines is 2. The number of hydrogen-bond acceptors (Lipinski definition) is 3. The molecule has 0 saturated heterocycles. The summed E-state index contributed by atoms with van der Waals surface area (Å²) in [5.74, 6) is -0.318. The molecule has 0 aliphatic rings. The molecule has 0 spiro atoms. The van der Waals surface area contributed by atoms with Gasteiger partial charge >= 0.3 is 0 Å². The predicted molar refractivity (Wildman–Crippen MR) is 65.1 cm³/mol. The highest BCUT2D eigenvalue weighted by Crippen LogP contribution is 2.22. The lowest BCUT2D eigenvalue weighted by Crippen LogP contribution is -2.14. The van der Waals surface area contributed by atoms with Crippen LogP contribution >= 0.6 is 15.9 Å². The normalized spacial score (nSPS) is 10.1. The molecule has 16 heavy (non-hydrogen) atoms. The van der Waals surface area contributed by atoms with Crippen LogP contribution in [0.1, 0.15) is 10.5 Å². The molecule has 0 aliphatic carbocycles. The Kier molecular flexibility index (Phi) is 2.91. The molecule has 82 valence electrons. The van der Waals surface area contributed by atoms with Crippen molar-refractivity contribution < 1.29 is 4.79 Å². The van der Waals surface area contributed by atoms with Crippen molar-refractivity contribution in [1.29, 1.82) is 0 Å². The summed E-state index contributed by atoms with van der Waals surface area (Å²) in [5, 5.41) is 8.94. The van der Waals surface area contributed by atoms with Crippen LogP contribution in [0, 0.1) is 0 Å². The van der Waals surface area contributed by atoms with E-state index in [0.29, 0.717) is 11.4 Å². The van der Waals surface area contributed by atoms with Crippen LogP contribution in [0.3, 0.4) is 0 Å². The first-order valence-corrected chi connectivity index (χ1v) is 5.32. The van der Waals surface area contributed by atoms with Gasteiger partial charge < -0.3 is 11.1 Å². The minimum absolute atomic E-state index is 0.260. The molecular formula is C10H9BrN4O. The number of carbonyl (C=O) groups excluding carboxylic acids is 1. The number of nitrogen functional groups attached to an aromatic ring is 1. The number of hydrogen-bond donors (Lipinski definition) is 3. The Hall–Kier alpha value is -1.82. The summed E-state index contributed by atoms with van der Waals surface area (Å²) in [6.07, 6.45) is 1.40. The quantitative estimate of drug-likeness (QED) is 0.787. The first-order valence-electron chi connectivity index (χ1n) is 4.53. The van der Waals surface area contributed by atoms with E-state index in [2.05, 4.69) is 31.4 Å². The third kappa shape index (κ3) is 2.06. The van der Waals surface area contributed by atoms with Crippen LogP contribution in [-0.4, -0.2) is 16.1 Å². The van der Waals surface area contributed by atoms with E-state index in [9.17, 15) is 4.79 Å². The van der Waals surface area contributed by atoms with E-state index in [1.165, 1.54) is 6.20 Å². The molecule has 1 amide bonds. The van der Waals surface area contributed by atoms with E-state index in [4.69, 9.17) is 5.73 Å². The molecule has 6 heteroatoms. The number of nitrogens with two attached hydrogens (primary N) is 1. The Morgan fingerprint density at radius 2 is 2.19 bits per heavy atom. The molecule has 0 bridgehead atoms. The van der Waals surface area contributed by atoms with Crippen LogP contribution in [0.2, 0.25) is 0 Å². The SMILES string of the molecule is Nc1cn[nH]c1C(=O)Nc1ccccc1Br. The molecule has 0 aliphatic heterocycles. The first kappa shape index (κ1) is 10.7. The summed E-state index contributed by atoms with van der Waals surface area (Å²) in [5.41, 5.74) is 6.83. The number of aromatic amines is 1. The highest BCUT2D eigenvalue weighted by atomic mass is 79.9. The lowest BCUT2D eigenvalue weighted by molar-refractivity contribution is 0.102. The van der Waals surface area contributed by atoms with Gasteiger partial charge in [0.05, 0.1) is 17.6 Å². The number of nitrogens with zero attached hydrogens (tertiary/aromatic N) is 1. The fourth-order valence-electron chi connectivity index (χ4n) is 1.22. The lowest BCUT2D eigenvalue weighted by Gasteiger charge is -2.05. The van der Waals surface area contributed by atoms with Crippen molar-refractivity contribution in [1.82, 2.24) is 10.2 Å². The van der Waals surface area contributed by atoms with E-state index < -0.39 is 0 Å². The average Bonchev–Trinajstić information content (AvgIpc) is 2.68. The van der Waals surface area contributed by atoms with E-state index in [1.54, 1.807) is 6.07 Å². The summed E-state index contributed by atoms with van der Waals surface area (Å²) < 4.78 is 0.807. The van der Waals surface area contributed by atoms with Gasteiger partial charge in [-0.1, -0.05) is 12.1 Å². The van der Waals surface area contributed by atoms with E-state index >= 15 is 0 Å². The molecule has 2 rings (SSSR count). The summed E-state index contributed by atoms with van der Waals surface area (Å²) in [6.45, 7) is 0. The monoisotopic (exact) mass is 280 g/mol. The molecule has 0 unspecified atom stereocenters. The van der Waals surface area contributed by atoms with Crippen molar-refractivity contribution in [2.75, 3.05) is 11.1 Å². The number of rotatable bonds is 2. The van der Waals surface area contributed by atoms with Gasteiger partial charge in [-0.3, -0.25) is 9.89 Å². The molecule has 0 atom stereocenters. The maximum absolute atomic E-state index is 11.8. The van der Waals surface area contributed by atoms with Gasteiger partial charge in [-0.2, -0.15) is 5.10 Å². The maximum atomic E-state index is 11.8. The van der Waals surface area contributed by atoms with Crippen molar-refractivity contribution in [3.63, 3.8) is 0 Å². The number of carbonyl (C=O) groups is 1. The standard InChI is InChI=1S/C10H9BrN4O/c11-6-3-1-2-4-8(6)14-10(16)9-7(12)5-13-15-9/h1-5H,12H2,(H,13,15)(H,14,16). The number of para-hydroxylation sites is 1. The summed E-state index contributed by atoms with van der Waals surface area (Å²) in [4.78, 5) is 11.8. The van der Waals surface area contributed by atoms with Gasteiger partial charge in [0.1, 0.15) is 5.69 Å². The highest BCUT2D eigenvalue weighted by Gasteiger charge is 2.12. The third-order valence-corrected chi connectivity index (χ3v) is 2.71. The van der Waals surface area contributed by atoms with Gasteiger partial charge in [0, 0.05) is 4.47 Å². The largest absolute Gasteiger partial charge is 0.396 e. The van der Waals surface area contributed by atoms with Crippen molar-refractivity contribution in [2.24, 2.45) is 0 Å². The number of nitrogens with one attached hydrogen (secondary N) is 2. The van der Waals surface area contributed by atoms with Crippen molar-refractivity contribution in [2.45, 2.75) is 0 Å². The van der Waals surface area contributed by atoms with Gasteiger partial charge in [0.25, 0.3) is 5.91 Å². The molecule has 5 nitrogen and oxygen atoms in total. The summed E-state index contributed by atoms with van der Waals surface area (Å²) in [6, 6.07) is 7.32. The fraction of sp³-hybridized carbons (Fsp3) is 0. The Morgan fingerprint density at radius 3 is 2.81 bits per heavy atom. The molecule has 0 saturated carbocycles. The Labute approximate surface area is 100 Å². The van der Waals surface area contributed by atoms with Gasteiger partial charge in [-0.15, -0.1) is 0 Å². The minimum atomic E-state index is -0.318. The van der Waals surface area contributed by atoms with E-state index in [-0.39, 0.29) is 11.6 Å². The van der Waals surface area contributed by atoms with E-state index in [1.807, 2.05) is 18.2 Å². The lowest BCUT2D eigenvalue weighted by atomic mass is 10.3. The van der Waals surface area contributed by atoms with Crippen molar-refractivity contribution in [3.8, 4) is 0 Å². The first-order chi connectivity index (χ1) is 7.68. The fourth-order valence-corrected chi connectivity index (χ4v) is 1.61. The number of benzene rings is 1. The van der Waals surface area contributed by atoms with Crippen molar-refractivity contribution >= 4 is 33.2 Å². The molecule has 1 aromatic heterocycles. The van der Waals surface area contributed by atoms with Crippen LogP contribution < -0.4 is 11.1 Å². The number of aromatic nitrogens is 2. The Balaban J connectivity index is 2.21. The third-order valence-electron chi connectivity index (χ3n) is 2.02. The number of amides is 1. The molecule has 1 aromatic carbocycles. The number of H-pyrrole nitrogens is 1.